The van der Waals surface area contributed by atoms with Crippen LogP contribution in [0.2, 0.25) is 0 Å². The lowest BCUT2D eigenvalue weighted by atomic mass is 10.0. The van der Waals surface area contributed by atoms with E-state index < -0.39 is 0 Å². The van der Waals surface area contributed by atoms with Crippen LogP contribution < -0.4 is 11.1 Å². The first-order chi connectivity index (χ1) is 21.3. The Kier molecular flexibility index (Phi) is 9.26. The molecule has 3 N–H and O–H groups in total. The molecule has 0 saturated carbocycles. The van der Waals surface area contributed by atoms with Crippen LogP contribution in [0.5, 0.6) is 0 Å². The number of aromatic nitrogens is 5. The number of nitrogens with zero attached hydrogens (tertiary/aromatic N) is 6. The molecule has 2 aromatic carbocycles. The van der Waals surface area contributed by atoms with E-state index in [0.29, 0.717) is 17.8 Å². The van der Waals surface area contributed by atoms with Crippen LogP contribution in [0, 0.1) is 11.8 Å². The molecule has 2 aliphatic rings. The third-order valence-corrected chi connectivity index (χ3v) is 9.33. The van der Waals surface area contributed by atoms with Gasteiger partial charge in [-0.2, -0.15) is 9.67 Å². The van der Waals surface area contributed by atoms with Gasteiger partial charge in [0.2, 0.25) is 11.9 Å². The Bertz CT molecular complexity index is 1560. The molecule has 0 spiro atoms. The molecule has 8 heteroatoms. The van der Waals surface area contributed by atoms with Gasteiger partial charge >= 0.3 is 0 Å². The number of fused-ring (bicyclic) bond motifs is 4. The van der Waals surface area contributed by atoms with Crippen molar-refractivity contribution in [1.82, 2.24) is 29.9 Å². The summed E-state index contributed by atoms with van der Waals surface area (Å²) in [5, 5.41) is 17.2. The maximum atomic E-state index is 6.35. The van der Waals surface area contributed by atoms with Crippen molar-refractivity contribution in [2.24, 2.45) is 11.8 Å². The minimum atomic E-state index is 0.288. The van der Waals surface area contributed by atoms with E-state index in [0.717, 1.165) is 55.3 Å². The molecule has 0 radical (unpaired) electrons. The monoisotopic (exact) mass is 592 g/mol. The fraction of sp³-hybridized carbons (Fsp3) is 0.500. The molecule has 2 aromatic heterocycles. The van der Waals surface area contributed by atoms with Crippen molar-refractivity contribution < 1.29 is 0 Å². The maximum absolute atomic E-state index is 6.35. The Labute approximate surface area is 262 Å². The summed E-state index contributed by atoms with van der Waals surface area (Å²) in [6.45, 7) is 11.8. The molecule has 8 nitrogen and oxygen atoms in total. The third-order valence-electron chi connectivity index (χ3n) is 9.33. The van der Waals surface area contributed by atoms with Crippen LogP contribution in [0.25, 0.3) is 17.1 Å². The summed E-state index contributed by atoms with van der Waals surface area (Å²) in [7, 11) is 0. The normalized spacial score (nSPS) is 16.4. The number of nitrogens with two attached hydrogens (primary N) is 1. The number of aryl methyl sites for hydroxylation is 4. The molecule has 44 heavy (non-hydrogen) atoms. The van der Waals surface area contributed by atoms with Crippen molar-refractivity contribution in [3.05, 3.63) is 70.8 Å². The predicted octanol–water partition coefficient (Wildman–Crippen LogP) is 7.18. The molecule has 232 valence electrons. The third kappa shape index (κ3) is 6.96. The van der Waals surface area contributed by atoms with E-state index in [2.05, 4.69) is 107 Å². The summed E-state index contributed by atoms with van der Waals surface area (Å²) in [6, 6.07) is 17.9. The molecule has 0 aliphatic heterocycles. The van der Waals surface area contributed by atoms with E-state index in [-0.39, 0.29) is 5.95 Å². The van der Waals surface area contributed by atoms with Crippen LogP contribution >= 0.6 is 0 Å². The largest absolute Gasteiger partial charge is 0.368 e. The Balaban J connectivity index is 1.15. The van der Waals surface area contributed by atoms with Crippen LogP contribution in [0.15, 0.2) is 48.5 Å². The lowest BCUT2D eigenvalue weighted by Gasteiger charge is -2.32. The van der Waals surface area contributed by atoms with Crippen LogP contribution in [0.1, 0.15) is 82.1 Å². The molecule has 0 bridgehead atoms. The molecule has 2 aliphatic carbocycles. The molecule has 4 aromatic rings. The molecule has 0 amide bonds. The van der Waals surface area contributed by atoms with Gasteiger partial charge in [0.05, 0.1) is 5.69 Å². The molecule has 1 atom stereocenters. The van der Waals surface area contributed by atoms with E-state index in [1.807, 2.05) is 0 Å². The van der Waals surface area contributed by atoms with Gasteiger partial charge < -0.3 is 16.0 Å². The minimum Gasteiger partial charge on any atom is -0.368 e. The summed E-state index contributed by atoms with van der Waals surface area (Å²) in [5.41, 5.74) is 14.8. The van der Waals surface area contributed by atoms with E-state index >= 15 is 0 Å². The fourth-order valence-corrected chi connectivity index (χ4v) is 6.71. The Morgan fingerprint density at radius 2 is 1.57 bits per heavy atom. The average molecular weight is 593 g/mol. The zero-order chi connectivity index (χ0) is 30.6. The van der Waals surface area contributed by atoms with Gasteiger partial charge in [-0.25, -0.2) is 0 Å². The summed E-state index contributed by atoms with van der Waals surface area (Å²) in [6.07, 6.45) is 10.2. The van der Waals surface area contributed by atoms with Gasteiger partial charge in [0, 0.05) is 17.3 Å². The topological polar surface area (TPSA) is 97.8 Å². The lowest BCUT2D eigenvalue weighted by molar-refractivity contribution is 0.162. The molecule has 0 saturated heterocycles. The first kappa shape index (κ1) is 30.3. The van der Waals surface area contributed by atoms with E-state index in [1.54, 1.807) is 4.68 Å². The summed E-state index contributed by atoms with van der Waals surface area (Å²) in [5.74, 6) is 2.82. The van der Waals surface area contributed by atoms with Crippen molar-refractivity contribution in [1.29, 1.82) is 0 Å². The lowest BCUT2D eigenvalue weighted by Crippen LogP contribution is -2.38. The molecular weight excluding hydrogens is 544 g/mol. The zero-order valence-electron chi connectivity index (χ0n) is 26.9. The number of benzene rings is 2. The van der Waals surface area contributed by atoms with E-state index in [1.165, 1.54) is 66.6 Å². The first-order valence-corrected chi connectivity index (χ1v) is 16.6. The van der Waals surface area contributed by atoms with Gasteiger partial charge in [-0.15, -0.1) is 15.3 Å². The van der Waals surface area contributed by atoms with Gasteiger partial charge in [-0.3, -0.25) is 0 Å². The van der Waals surface area contributed by atoms with Gasteiger partial charge in [-0.1, -0.05) is 58.0 Å². The Morgan fingerprint density at radius 3 is 2.34 bits per heavy atom. The summed E-state index contributed by atoms with van der Waals surface area (Å²) in [4.78, 5) is 7.31. The number of hydrogen-bond donors (Lipinski definition) is 2. The fourth-order valence-electron chi connectivity index (χ4n) is 6.71. The van der Waals surface area contributed by atoms with E-state index in [4.69, 9.17) is 5.73 Å². The van der Waals surface area contributed by atoms with Gasteiger partial charge in [0.15, 0.2) is 5.82 Å². The second kappa shape index (κ2) is 13.5. The quantitative estimate of drug-likeness (QED) is 0.188. The van der Waals surface area contributed by atoms with Crippen LogP contribution in [0.4, 0.5) is 17.6 Å². The second-order valence-corrected chi connectivity index (χ2v) is 13.5. The Morgan fingerprint density at radius 1 is 0.841 bits per heavy atom. The molecule has 2 heterocycles. The highest BCUT2D eigenvalue weighted by atomic mass is 15.4. The van der Waals surface area contributed by atoms with Crippen molar-refractivity contribution in [2.45, 2.75) is 91.5 Å². The van der Waals surface area contributed by atoms with Crippen LogP contribution in [-0.4, -0.2) is 49.0 Å². The van der Waals surface area contributed by atoms with Crippen LogP contribution in [-0.2, 0) is 25.7 Å². The molecule has 0 fully saturated rings. The van der Waals surface area contributed by atoms with Crippen molar-refractivity contribution in [3.8, 4) is 17.1 Å². The standard InChI is InChI=1S/C36H48N8/c1-24(2)18-20-43(21-19-25(3)4)31-16-13-26-12-15-30(22-28(26)14-17-31)38-36-39-35(37)44(42-36)33-23-29-10-7-9-27-8-5-6-11-32(27)34(29)41-40-33/h5-6,8,11-12,15,22-25,31H,7,9-10,13-14,16-21H2,1-4H3,(H3,37,38,39,42)/t31-/m1/s1. The number of nitrogens with one attached hydrogen (secondary N) is 1. The smallest absolute Gasteiger partial charge is 0.248 e. The van der Waals surface area contributed by atoms with E-state index in [9.17, 15) is 0 Å². The highest BCUT2D eigenvalue weighted by Crippen LogP contribution is 2.32. The first-order valence-electron chi connectivity index (χ1n) is 16.6. The second-order valence-electron chi connectivity index (χ2n) is 13.5. The zero-order valence-corrected chi connectivity index (χ0v) is 26.9. The number of nitrogen functional groups attached to an aromatic ring is 1. The number of hydrogen-bond acceptors (Lipinski definition) is 7. The molecule has 6 rings (SSSR count). The number of anilines is 3. The minimum absolute atomic E-state index is 0.288. The highest BCUT2D eigenvalue weighted by molar-refractivity contribution is 5.68. The highest BCUT2D eigenvalue weighted by Gasteiger charge is 2.23. The van der Waals surface area contributed by atoms with Crippen molar-refractivity contribution in [2.75, 3.05) is 24.1 Å². The van der Waals surface area contributed by atoms with Gasteiger partial charge in [0.1, 0.15) is 0 Å². The van der Waals surface area contributed by atoms with Crippen molar-refractivity contribution in [3.63, 3.8) is 0 Å². The summed E-state index contributed by atoms with van der Waals surface area (Å²) < 4.78 is 1.59. The average Bonchev–Trinajstić information content (AvgIpc) is 3.15. The predicted molar refractivity (Wildman–Crippen MR) is 179 cm³/mol. The SMILES string of the molecule is CC(C)CCN(CCC(C)C)[C@@H]1CCc2ccc(Nc3nc(N)n(-c4cc5c(nn4)-c4ccccc4CCC5)n3)cc2CC1. The number of rotatable bonds is 10. The Hall–Kier alpha value is -3.78. The van der Waals surface area contributed by atoms with Crippen molar-refractivity contribution >= 4 is 17.6 Å². The van der Waals surface area contributed by atoms with Crippen LogP contribution in [0.3, 0.4) is 0 Å². The van der Waals surface area contributed by atoms with Gasteiger partial charge in [-0.05, 0) is 123 Å². The molecular formula is C36H48N8. The van der Waals surface area contributed by atoms with Gasteiger partial charge in [0.25, 0.3) is 0 Å². The summed E-state index contributed by atoms with van der Waals surface area (Å²) >= 11 is 0. The molecule has 0 unspecified atom stereocenters. The maximum Gasteiger partial charge on any atom is 0.248 e.